The lowest BCUT2D eigenvalue weighted by Crippen LogP contribution is -2.52. The van der Waals surface area contributed by atoms with Crippen LogP contribution >= 0.6 is 0 Å². The number of piperidine rings is 1. The molecule has 0 saturated carbocycles. The average molecular weight is 313 g/mol. The highest BCUT2D eigenvalue weighted by molar-refractivity contribution is 7.88. The molecule has 0 radical (unpaired) electrons. The molecule has 0 bridgehead atoms. The van der Waals surface area contributed by atoms with E-state index in [2.05, 4.69) is 10.0 Å². The predicted molar refractivity (Wildman–Crippen MR) is 79.3 cm³/mol. The Labute approximate surface area is 123 Å². The minimum absolute atomic E-state index is 0.0549. The van der Waals surface area contributed by atoms with Crippen LogP contribution in [0.15, 0.2) is 24.3 Å². The number of rotatable bonds is 5. The monoisotopic (exact) mass is 313 g/mol. The maximum absolute atomic E-state index is 12.2. The third kappa shape index (κ3) is 4.23. The van der Waals surface area contributed by atoms with Crippen LogP contribution in [0.3, 0.4) is 0 Å². The Hall–Kier alpha value is -1.51. The van der Waals surface area contributed by atoms with Gasteiger partial charge in [0.1, 0.15) is 0 Å². The molecule has 0 spiro atoms. The van der Waals surface area contributed by atoms with Crippen molar-refractivity contribution in [3.05, 3.63) is 39.9 Å². The van der Waals surface area contributed by atoms with Gasteiger partial charge in [0.05, 0.1) is 10.7 Å². The van der Waals surface area contributed by atoms with Gasteiger partial charge < -0.3 is 5.32 Å². The number of nitrogens with zero attached hydrogens (tertiary/aromatic N) is 1. The van der Waals surface area contributed by atoms with E-state index < -0.39 is 14.9 Å². The van der Waals surface area contributed by atoms with Crippen molar-refractivity contribution >= 4 is 15.7 Å². The van der Waals surface area contributed by atoms with E-state index in [0.717, 1.165) is 19.4 Å². The van der Waals surface area contributed by atoms with Crippen molar-refractivity contribution in [3.8, 4) is 0 Å². The largest absolute Gasteiger partial charge is 0.313 e. The molecule has 116 valence electrons. The van der Waals surface area contributed by atoms with Crippen LogP contribution in [0.5, 0.6) is 0 Å². The molecule has 1 aromatic carbocycles. The number of nitro groups is 1. The predicted octanol–water partition coefficient (Wildman–Crippen LogP) is 1.15. The highest BCUT2D eigenvalue weighted by atomic mass is 32.2. The Balaban J connectivity index is 2.12. The summed E-state index contributed by atoms with van der Waals surface area (Å²) in [6.45, 7) is 2.81. The molecule has 2 unspecified atom stereocenters. The minimum atomic E-state index is -3.62. The van der Waals surface area contributed by atoms with Crippen LogP contribution in [-0.4, -0.2) is 32.0 Å². The van der Waals surface area contributed by atoms with Crippen LogP contribution in [0.1, 0.15) is 25.3 Å². The van der Waals surface area contributed by atoms with Crippen molar-refractivity contribution in [2.75, 3.05) is 6.54 Å². The van der Waals surface area contributed by atoms with Gasteiger partial charge in [-0.05, 0) is 26.3 Å². The first-order chi connectivity index (χ1) is 9.89. The molecule has 0 aromatic heterocycles. The number of hydrogen-bond acceptors (Lipinski definition) is 5. The Kier molecular flexibility index (Phi) is 4.92. The average Bonchev–Trinajstić information content (AvgIpc) is 2.41. The number of benzene rings is 1. The van der Waals surface area contributed by atoms with Crippen molar-refractivity contribution in [2.45, 2.75) is 37.6 Å². The molecule has 8 heteroatoms. The van der Waals surface area contributed by atoms with E-state index in [0.29, 0.717) is 0 Å². The van der Waals surface area contributed by atoms with Gasteiger partial charge in [0, 0.05) is 23.7 Å². The van der Waals surface area contributed by atoms with Gasteiger partial charge in [-0.25, -0.2) is 13.1 Å². The van der Waals surface area contributed by atoms with E-state index in [1.807, 2.05) is 6.92 Å². The first-order valence-electron chi connectivity index (χ1n) is 6.85. The van der Waals surface area contributed by atoms with Gasteiger partial charge >= 0.3 is 0 Å². The fourth-order valence-electron chi connectivity index (χ4n) is 2.49. The molecule has 2 N–H and O–H groups in total. The number of sulfonamides is 1. The Morgan fingerprint density at radius 3 is 2.81 bits per heavy atom. The highest BCUT2D eigenvalue weighted by Crippen LogP contribution is 2.20. The fourth-order valence-corrected chi connectivity index (χ4v) is 4.01. The molecule has 2 rings (SSSR count). The van der Waals surface area contributed by atoms with Crippen molar-refractivity contribution in [1.82, 2.24) is 10.0 Å². The van der Waals surface area contributed by atoms with E-state index in [1.165, 1.54) is 18.2 Å². The Bertz CT molecular complexity index is 618. The summed E-state index contributed by atoms with van der Waals surface area (Å²) in [5.74, 6) is -0.382. The smallest absolute Gasteiger partial charge is 0.273 e. The zero-order valence-electron chi connectivity index (χ0n) is 11.8. The SMILES string of the molecule is CC1NCCCC1NS(=O)(=O)Cc1ccccc1[N+](=O)[O-]. The summed E-state index contributed by atoms with van der Waals surface area (Å²) >= 11 is 0. The van der Waals surface area contributed by atoms with E-state index >= 15 is 0 Å². The summed E-state index contributed by atoms with van der Waals surface area (Å²) in [5, 5.41) is 14.1. The summed E-state index contributed by atoms with van der Waals surface area (Å²) in [7, 11) is -3.62. The molecule has 1 aliphatic heterocycles. The lowest BCUT2D eigenvalue weighted by molar-refractivity contribution is -0.385. The molecule has 0 amide bonds. The summed E-state index contributed by atoms with van der Waals surface area (Å²) in [4.78, 5) is 10.4. The Morgan fingerprint density at radius 2 is 2.14 bits per heavy atom. The third-order valence-electron chi connectivity index (χ3n) is 3.63. The second kappa shape index (κ2) is 6.50. The van der Waals surface area contributed by atoms with E-state index in [1.54, 1.807) is 6.07 Å². The van der Waals surface area contributed by atoms with Gasteiger partial charge in [-0.1, -0.05) is 18.2 Å². The van der Waals surface area contributed by atoms with Gasteiger partial charge in [-0.15, -0.1) is 0 Å². The van der Waals surface area contributed by atoms with Gasteiger partial charge in [-0.2, -0.15) is 0 Å². The second-order valence-electron chi connectivity index (χ2n) is 5.25. The van der Waals surface area contributed by atoms with E-state index in [-0.39, 0.29) is 29.1 Å². The maximum atomic E-state index is 12.2. The molecular formula is C13H19N3O4S. The summed E-state index contributed by atoms with van der Waals surface area (Å²) in [5.41, 5.74) is 0.0316. The zero-order chi connectivity index (χ0) is 15.5. The van der Waals surface area contributed by atoms with Crippen LogP contribution in [0.25, 0.3) is 0 Å². The normalized spacial score (nSPS) is 22.9. The lowest BCUT2D eigenvalue weighted by Gasteiger charge is -2.30. The van der Waals surface area contributed by atoms with Gasteiger partial charge in [0.2, 0.25) is 10.0 Å². The van der Waals surface area contributed by atoms with Gasteiger partial charge in [0.15, 0.2) is 0 Å². The quantitative estimate of drug-likeness (QED) is 0.627. The second-order valence-corrected chi connectivity index (χ2v) is 7.01. The van der Waals surface area contributed by atoms with Crippen LogP contribution in [-0.2, 0) is 15.8 Å². The maximum Gasteiger partial charge on any atom is 0.273 e. The molecule has 1 fully saturated rings. The number of nitro benzene ring substituents is 1. The molecule has 1 aliphatic rings. The minimum Gasteiger partial charge on any atom is -0.313 e. The number of para-hydroxylation sites is 1. The van der Waals surface area contributed by atoms with Crippen LogP contribution in [0.4, 0.5) is 5.69 Å². The first kappa shape index (κ1) is 15.9. The zero-order valence-corrected chi connectivity index (χ0v) is 12.6. The van der Waals surface area contributed by atoms with Gasteiger partial charge in [-0.3, -0.25) is 10.1 Å². The molecule has 1 aromatic rings. The summed E-state index contributed by atoms with van der Waals surface area (Å²) in [6.07, 6.45) is 1.67. The van der Waals surface area contributed by atoms with Crippen molar-refractivity contribution in [2.24, 2.45) is 0 Å². The van der Waals surface area contributed by atoms with E-state index in [9.17, 15) is 18.5 Å². The van der Waals surface area contributed by atoms with Crippen LogP contribution < -0.4 is 10.0 Å². The number of nitrogens with one attached hydrogen (secondary N) is 2. The third-order valence-corrected chi connectivity index (χ3v) is 4.98. The molecule has 0 aliphatic carbocycles. The number of hydrogen-bond donors (Lipinski definition) is 2. The summed E-state index contributed by atoms with van der Waals surface area (Å²) in [6, 6.07) is 5.79. The highest BCUT2D eigenvalue weighted by Gasteiger charge is 2.27. The van der Waals surface area contributed by atoms with Crippen molar-refractivity contribution in [3.63, 3.8) is 0 Å². The standard InChI is InChI=1S/C13H19N3O4S/c1-10-12(6-4-8-14-10)15-21(19,20)9-11-5-2-3-7-13(11)16(17)18/h2-3,5,7,10,12,14-15H,4,6,8-9H2,1H3. The van der Waals surface area contributed by atoms with Crippen LogP contribution in [0, 0.1) is 10.1 Å². The topological polar surface area (TPSA) is 101 Å². The Morgan fingerprint density at radius 1 is 1.43 bits per heavy atom. The first-order valence-corrected chi connectivity index (χ1v) is 8.50. The van der Waals surface area contributed by atoms with Crippen molar-refractivity contribution < 1.29 is 13.3 Å². The van der Waals surface area contributed by atoms with Crippen LogP contribution in [0.2, 0.25) is 0 Å². The molecule has 21 heavy (non-hydrogen) atoms. The molecule has 1 saturated heterocycles. The lowest BCUT2D eigenvalue weighted by atomic mass is 10.0. The van der Waals surface area contributed by atoms with Gasteiger partial charge in [0.25, 0.3) is 5.69 Å². The molecule has 1 heterocycles. The fraction of sp³-hybridized carbons (Fsp3) is 0.538. The van der Waals surface area contributed by atoms with Crippen molar-refractivity contribution in [1.29, 1.82) is 0 Å². The van der Waals surface area contributed by atoms with E-state index in [4.69, 9.17) is 0 Å². The summed E-state index contributed by atoms with van der Waals surface area (Å²) < 4.78 is 27.1. The molecule has 7 nitrogen and oxygen atoms in total. The molecule has 2 atom stereocenters. The molecular weight excluding hydrogens is 294 g/mol.